The van der Waals surface area contributed by atoms with E-state index in [1.807, 2.05) is 20.0 Å². The van der Waals surface area contributed by atoms with E-state index >= 15 is 0 Å². The number of hydrogen-bond donors (Lipinski definition) is 0. The van der Waals surface area contributed by atoms with Crippen molar-refractivity contribution in [2.24, 2.45) is 0 Å². The monoisotopic (exact) mass is 224 g/mol. The summed E-state index contributed by atoms with van der Waals surface area (Å²) in [5, 5.41) is 7.95. The predicted molar refractivity (Wildman–Crippen MR) is 62.0 cm³/mol. The number of likely N-dealkylation sites (N-methyl/N-ethyl adjacent to an activating group) is 1. The Balaban J connectivity index is 2.63. The van der Waals surface area contributed by atoms with E-state index in [0.717, 1.165) is 5.69 Å². The van der Waals surface area contributed by atoms with Crippen molar-refractivity contribution in [3.05, 3.63) is 11.9 Å². The summed E-state index contributed by atoms with van der Waals surface area (Å²) in [5.41, 5.74) is 0.917. The molecule has 0 fully saturated rings. The molecule has 0 bridgehead atoms. The number of carbonyl (C=O) groups is 1. The Labute approximate surface area is 96.4 Å². The minimum atomic E-state index is 0.0511. The quantitative estimate of drug-likeness (QED) is 0.774. The number of nitrogens with zero attached hydrogens (tertiary/aromatic N) is 4. The van der Waals surface area contributed by atoms with Gasteiger partial charge in [0.25, 0.3) is 0 Å². The highest BCUT2D eigenvalue weighted by Crippen LogP contribution is 2.09. The highest BCUT2D eigenvalue weighted by atomic mass is 16.2. The van der Waals surface area contributed by atoms with Gasteiger partial charge in [0.05, 0.1) is 5.69 Å². The van der Waals surface area contributed by atoms with E-state index in [1.54, 1.807) is 16.6 Å². The molecule has 0 N–H and O–H groups in total. The molecule has 0 aliphatic rings. The lowest BCUT2D eigenvalue weighted by Gasteiger charge is -2.21. The lowest BCUT2D eigenvalue weighted by atomic mass is 10.2. The van der Waals surface area contributed by atoms with Gasteiger partial charge >= 0.3 is 0 Å². The third-order valence-electron chi connectivity index (χ3n) is 2.61. The van der Waals surface area contributed by atoms with Crippen LogP contribution in [0.2, 0.25) is 0 Å². The molecule has 0 saturated heterocycles. The van der Waals surface area contributed by atoms with Crippen molar-refractivity contribution >= 4 is 5.91 Å². The van der Waals surface area contributed by atoms with Crippen molar-refractivity contribution in [1.29, 1.82) is 0 Å². The minimum absolute atomic E-state index is 0.0511. The predicted octanol–water partition coefficient (Wildman–Crippen LogP) is 1.27. The van der Waals surface area contributed by atoms with Gasteiger partial charge in [-0.25, -0.2) is 4.68 Å². The van der Waals surface area contributed by atoms with E-state index in [9.17, 15) is 4.79 Å². The minimum Gasteiger partial charge on any atom is -0.342 e. The molecule has 0 aromatic carbocycles. The largest absolute Gasteiger partial charge is 0.342 e. The van der Waals surface area contributed by atoms with E-state index in [4.69, 9.17) is 0 Å². The maximum atomic E-state index is 11.8. The Hall–Kier alpha value is -1.39. The Bertz CT molecular complexity index is 357. The molecule has 0 radical (unpaired) electrons. The second-order valence-electron chi connectivity index (χ2n) is 4.59. The van der Waals surface area contributed by atoms with E-state index in [1.165, 1.54) is 0 Å². The summed E-state index contributed by atoms with van der Waals surface area (Å²) in [6, 6.07) is 0.209. The van der Waals surface area contributed by atoms with Crippen LogP contribution in [0.25, 0.3) is 0 Å². The summed E-state index contributed by atoms with van der Waals surface area (Å²) in [6.07, 6.45) is 1.83. The van der Waals surface area contributed by atoms with Crippen LogP contribution in [0, 0.1) is 0 Å². The molecule has 1 amide bonds. The molecule has 1 rings (SSSR count). The number of aromatic nitrogens is 3. The molecular weight excluding hydrogens is 204 g/mol. The van der Waals surface area contributed by atoms with Crippen LogP contribution in [0.4, 0.5) is 0 Å². The zero-order valence-electron chi connectivity index (χ0n) is 10.6. The van der Waals surface area contributed by atoms with Gasteiger partial charge in [-0.2, -0.15) is 0 Å². The summed E-state index contributed by atoms with van der Waals surface area (Å²) < 4.78 is 1.59. The first-order valence-corrected chi connectivity index (χ1v) is 5.57. The van der Waals surface area contributed by atoms with Crippen molar-refractivity contribution in [3.8, 4) is 0 Å². The maximum absolute atomic E-state index is 11.8. The van der Waals surface area contributed by atoms with Crippen molar-refractivity contribution in [2.75, 3.05) is 7.05 Å². The number of carbonyl (C=O) groups excluding carboxylic acids is 1. The summed E-state index contributed by atoms with van der Waals surface area (Å²) in [6.45, 7) is 8.33. The summed E-state index contributed by atoms with van der Waals surface area (Å²) in [5.74, 6) is 0.391. The molecule has 5 heteroatoms. The molecule has 1 aromatic rings. The zero-order valence-corrected chi connectivity index (χ0v) is 10.6. The van der Waals surface area contributed by atoms with Crippen molar-refractivity contribution < 1.29 is 4.79 Å². The summed E-state index contributed by atoms with van der Waals surface area (Å²) >= 11 is 0. The number of hydrogen-bond acceptors (Lipinski definition) is 3. The average Bonchev–Trinajstić information content (AvgIpc) is 2.64. The molecule has 1 aromatic heterocycles. The van der Waals surface area contributed by atoms with Crippen molar-refractivity contribution in [2.45, 2.75) is 46.2 Å². The normalized spacial score (nSPS) is 11.2. The molecule has 5 nitrogen and oxygen atoms in total. The molecule has 0 unspecified atom stereocenters. The SMILES string of the molecule is CC(C)c1cn(CC(=O)N(C)C(C)C)nn1. The van der Waals surface area contributed by atoms with Crippen LogP contribution in [0.3, 0.4) is 0 Å². The first kappa shape index (κ1) is 12.7. The van der Waals surface area contributed by atoms with Gasteiger partial charge in [-0.3, -0.25) is 4.79 Å². The van der Waals surface area contributed by atoms with Gasteiger partial charge in [-0.15, -0.1) is 5.10 Å². The molecular formula is C11H20N4O. The third kappa shape index (κ3) is 3.05. The molecule has 0 aliphatic carbocycles. The van der Waals surface area contributed by atoms with Crippen molar-refractivity contribution in [1.82, 2.24) is 19.9 Å². The average molecular weight is 224 g/mol. The topological polar surface area (TPSA) is 51.0 Å². The molecule has 0 saturated carbocycles. The molecule has 0 spiro atoms. The second-order valence-corrected chi connectivity index (χ2v) is 4.59. The number of amides is 1. The smallest absolute Gasteiger partial charge is 0.244 e. The van der Waals surface area contributed by atoms with E-state index in [-0.39, 0.29) is 18.5 Å². The zero-order chi connectivity index (χ0) is 12.3. The van der Waals surface area contributed by atoms with E-state index in [0.29, 0.717) is 5.92 Å². The first-order chi connectivity index (χ1) is 7.41. The standard InChI is InChI=1S/C11H20N4O/c1-8(2)10-6-15(13-12-10)7-11(16)14(5)9(3)4/h6,8-9H,7H2,1-5H3. The summed E-state index contributed by atoms with van der Waals surface area (Å²) in [7, 11) is 1.80. The fourth-order valence-corrected chi connectivity index (χ4v) is 1.19. The lowest BCUT2D eigenvalue weighted by molar-refractivity contribution is -0.132. The molecule has 0 aliphatic heterocycles. The maximum Gasteiger partial charge on any atom is 0.244 e. The van der Waals surface area contributed by atoms with E-state index in [2.05, 4.69) is 24.2 Å². The lowest BCUT2D eigenvalue weighted by Crippen LogP contribution is -2.35. The van der Waals surface area contributed by atoms with Gasteiger partial charge in [-0.1, -0.05) is 19.1 Å². The van der Waals surface area contributed by atoms with Gasteiger partial charge in [0, 0.05) is 19.3 Å². The molecule has 16 heavy (non-hydrogen) atoms. The Kier molecular flexibility index (Phi) is 4.04. The van der Waals surface area contributed by atoms with Crippen LogP contribution in [-0.2, 0) is 11.3 Å². The highest BCUT2D eigenvalue weighted by Gasteiger charge is 2.13. The fraction of sp³-hybridized carbons (Fsp3) is 0.727. The Morgan fingerprint density at radius 1 is 1.44 bits per heavy atom. The van der Waals surface area contributed by atoms with Crippen LogP contribution in [-0.4, -0.2) is 38.9 Å². The third-order valence-corrected chi connectivity index (χ3v) is 2.61. The Morgan fingerprint density at radius 3 is 2.50 bits per heavy atom. The number of rotatable bonds is 4. The van der Waals surface area contributed by atoms with Gasteiger partial charge in [0.15, 0.2) is 0 Å². The highest BCUT2D eigenvalue weighted by molar-refractivity contribution is 5.75. The van der Waals surface area contributed by atoms with Gasteiger partial charge in [0.2, 0.25) is 5.91 Å². The fourth-order valence-electron chi connectivity index (χ4n) is 1.19. The van der Waals surface area contributed by atoms with Crippen LogP contribution in [0.1, 0.15) is 39.3 Å². The summed E-state index contributed by atoms with van der Waals surface area (Å²) in [4.78, 5) is 13.5. The van der Waals surface area contributed by atoms with Crippen LogP contribution < -0.4 is 0 Å². The van der Waals surface area contributed by atoms with E-state index < -0.39 is 0 Å². The molecule has 1 heterocycles. The first-order valence-electron chi connectivity index (χ1n) is 5.57. The van der Waals surface area contributed by atoms with Gasteiger partial charge in [-0.05, 0) is 19.8 Å². The molecule has 90 valence electrons. The Morgan fingerprint density at radius 2 is 2.06 bits per heavy atom. The van der Waals surface area contributed by atoms with Gasteiger partial charge in [0.1, 0.15) is 6.54 Å². The van der Waals surface area contributed by atoms with Crippen LogP contribution >= 0.6 is 0 Å². The van der Waals surface area contributed by atoms with Gasteiger partial charge < -0.3 is 4.90 Å². The molecule has 0 atom stereocenters. The van der Waals surface area contributed by atoms with Crippen LogP contribution in [0.15, 0.2) is 6.20 Å². The van der Waals surface area contributed by atoms with Crippen LogP contribution in [0.5, 0.6) is 0 Å². The second kappa shape index (κ2) is 5.09. The van der Waals surface area contributed by atoms with Crippen molar-refractivity contribution in [3.63, 3.8) is 0 Å².